The maximum Gasteiger partial charge on any atom is 0.0897 e. The molecule has 0 fully saturated rings. The van der Waals surface area contributed by atoms with E-state index in [-0.39, 0.29) is 0 Å². The fourth-order valence-corrected chi connectivity index (χ4v) is 2.28. The number of ether oxygens (including phenoxy) is 1. The van der Waals surface area contributed by atoms with Crippen LogP contribution in [0.2, 0.25) is 0 Å². The largest absolute Gasteiger partial charge is 0.389 e. The molecule has 1 aromatic rings. The van der Waals surface area contributed by atoms with E-state index in [2.05, 4.69) is 43.4 Å². The molecule has 120 valence electrons. The molecule has 3 nitrogen and oxygen atoms in total. The lowest BCUT2D eigenvalue weighted by molar-refractivity contribution is 0.0354. The minimum atomic E-state index is -0.417. The van der Waals surface area contributed by atoms with Gasteiger partial charge in [-0.1, -0.05) is 63.4 Å². The third-order valence-corrected chi connectivity index (χ3v) is 3.65. The number of aliphatic hydroxyl groups is 1. The SMILES string of the molecule is CCCCCCOCC(O)CNCC(C)c1ccccc1. The van der Waals surface area contributed by atoms with E-state index >= 15 is 0 Å². The van der Waals surface area contributed by atoms with E-state index in [9.17, 15) is 5.11 Å². The van der Waals surface area contributed by atoms with Crippen molar-refractivity contribution in [1.29, 1.82) is 0 Å². The van der Waals surface area contributed by atoms with E-state index < -0.39 is 6.10 Å². The lowest BCUT2D eigenvalue weighted by Crippen LogP contribution is -2.32. The van der Waals surface area contributed by atoms with E-state index in [0.29, 0.717) is 19.1 Å². The van der Waals surface area contributed by atoms with Gasteiger partial charge in [0.1, 0.15) is 0 Å². The molecule has 3 heteroatoms. The maximum atomic E-state index is 9.85. The first-order valence-electron chi connectivity index (χ1n) is 8.25. The highest BCUT2D eigenvalue weighted by Crippen LogP contribution is 2.12. The Hall–Kier alpha value is -0.900. The van der Waals surface area contributed by atoms with E-state index in [0.717, 1.165) is 19.6 Å². The summed E-state index contributed by atoms with van der Waals surface area (Å²) in [5.74, 6) is 0.452. The molecule has 21 heavy (non-hydrogen) atoms. The Morgan fingerprint density at radius 1 is 1.10 bits per heavy atom. The Morgan fingerprint density at radius 3 is 2.57 bits per heavy atom. The van der Waals surface area contributed by atoms with Gasteiger partial charge in [0, 0.05) is 19.7 Å². The summed E-state index contributed by atoms with van der Waals surface area (Å²) < 4.78 is 5.49. The zero-order chi connectivity index (χ0) is 15.3. The quantitative estimate of drug-likeness (QED) is 0.581. The van der Waals surface area contributed by atoms with Crippen molar-refractivity contribution in [2.45, 2.75) is 51.6 Å². The second-order valence-corrected chi connectivity index (χ2v) is 5.76. The van der Waals surface area contributed by atoms with Gasteiger partial charge in [0.15, 0.2) is 0 Å². The predicted octanol–water partition coefficient (Wildman–Crippen LogP) is 3.34. The Kier molecular flexibility index (Phi) is 10.1. The Labute approximate surface area is 129 Å². The number of unbranched alkanes of at least 4 members (excludes halogenated alkanes) is 3. The van der Waals surface area contributed by atoms with Gasteiger partial charge < -0.3 is 15.2 Å². The molecule has 0 amide bonds. The number of benzene rings is 1. The zero-order valence-corrected chi connectivity index (χ0v) is 13.6. The normalized spacial score (nSPS) is 14.0. The fraction of sp³-hybridized carbons (Fsp3) is 0.667. The lowest BCUT2D eigenvalue weighted by atomic mass is 10.0. The van der Waals surface area contributed by atoms with Crippen molar-refractivity contribution in [3.05, 3.63) is 35.9 Å². The maximum absolute atomic E-state index is 9.85. The predicted molar refractivity (Wildman–Crippen MR) is 88.7 cm³/mol. The fourth-order valence-electron chi connectivity index (χ4n) is 2.28. The summed E-state index contributed by atoms with van der Waals surface area (Å²) in [6.07, 6.45) is 4.41. The van der Waals surface area contributed by atoms with Crippen LogP contribution in [0.1, 0.15) is 51.0 Å². The van der Waals surface area contributed by atoms with Crippen LogP contribution in [0.3, 0.4) is 0 Å². The van der Waals surface area contributed by atoms with E-state index in [1.807, 2.05) is 6.07 Å². The van der Waals surface area contributed by atoms with Crippen LogP contribution in [0.5, 0.6) is 0 Å². The Morgan fingerprint density at radius 2 is 1.86 bits per heavy atom. The first-order chi connectivity index (χ1) is 10.2. The van der Waals surface area contributed by atoms with Gasteiger partial charge in [-0.3, -0.25) is 0 Å². The molecule has 0 heterocycles. The highest BCUT2D eigenvalue weighted by molar-refractivity contribution is 5.18. The summed E-state index contributed by atoms with van der Waals surface area (Å²) in [6.45, 7) is 7.05. The lowest BCUT2D eigenvalue weighted by Gasteiger charge is -2.16. The molecule has 0 saturated heterocycles. The minimum absolute atomic E-state index is 0.417. The van der Waals surface area contributed by atoms with Gasteiger partial charge in [0.25, 0.3) is 0 Å². The molecule has 2 N–H and O–H groups in total. The standard InChI is InChI=1S/C18H31NO2/c1-3-4-5-9-12-21-15-18(20)14-19-13-16(2)17-10-7-6-8-11-17/h6-8,10-11,16,18-20H,3-5,9,12-15H2,1-2H3. The summed E-state index contributed by atoms with van der Waals surface area (Å²) in [6, 6.07) is 10.4. The summed E-state index contributed by atoms with van der Waals surface area (Å²) in [5.41, 5.74) is 1.33. The van der Waals surface area contributed by atoms with Crippen LogP contribution in [0, 0.1) is 0 Å². The minimum Gasteiger partial charge on any atom is -0.389 e. The van der Waals surface area contributed by atoms with Gasteiger partial charge in [-0.2, -0.15) is 0 Å². The highest BCUT2D eigenvalue weighted by atomic mass is 16.5. The molecule has 1 aromatic carbocycles. The van der Waals surface area contributed by atoms with Gasteiger partial charge in [0.05, 0.1) is 12.7 Å². The van der Waals surface area contributed by atoms with Gasteiger partial charge >= 0.3 is 0 Å². The molecule has 0 aromatic heterocycles. The second kappa shape index (κ2) is 11.7. The van der Waals surface area contributed by atoms with Crippen molar-refractivity contribution < 1.29 is 9.84 Å². The molecule has 1 rings (SSSR count). The molecule has 0 aliphatic rings. The summed E-state index contributed by atoms with van der Waals surface area (Å²) in [5, 5.41) is 13.2. The van der Waals surface area contributed by atoms with Crippen molar-refractivity contribution in [3.63, 3.8) is 0 Å². The Bertz CT molecular complexity index is 342. The van der Waals surface area contributed by atoms with Crippen molar-refractivity contribution in [2.24, 2.45) is 0 Å². The zero-order valence-electron chi connectivity index (χ0n) is 13.6. The average molecular weight is 293 g/mol. The molecule has 0 spiro atoms. The molecule has 0 aliphatic heterocycles. The number of rotatable bonds is 12. The molecular formula is C18H31NO2. The summed E-state index contributed by atoms with van der Waals surface area (Å²) in [4.78, 5) is 0. The number of aliphatic hydroxyl groups excluding tert-OH is 1. The Balaban J connectivity index is 2.01. The van der Waals surface area contributed by atoms with E-state index in [4.69, 9.17) is 4.74 Å². The molecule has 0 aliphatic carbocycles. The molecule has 2 atom stereocenters. The number of hydrogen-bond acceptors (Lipinski definition) is 3. The number of nitrogens with one attached hydrogen (secondary N) is 1. The average Bonchev–Trinajstić information content (AvgIpc) is 2.51. The van der Waals surface area contributed by atoms with Crippen LogP contribution in [0.25, 0.3) is 0 Å². The van der Waals surface area contributed by atoms with Gasteiger partial charge in [-0.15, -0.1) is 0 Å². The van der Waals surface area contributed by atoms with Crippen molar-refractivity contribution >= 4 is 0 Å². The highest BCUT2D eigenvalue weighted by Gasteiger charge is 2.07. The number of hydrogen-bond donors (Lipinski definition) is 2. The first kappa shape index (κ1) is 18.1. The van der Waals surface area contributed by atoms with Crippen molar-refractivity contribution in [2.75, 3.05) is 26.3 Å². The van der Waals surface area contributed by atoms with Crippen LogP contribution in [-0.2, 0) is 4.74 Å². The van der Waals surface area contributed by atoms with E-state index in [1.165, 1.54) is 24.8 Å². The third kappa shape index (κ3) is 8.86. The monoisotopic (exact) mass is 293 g/mol. The van der Waals surface area contributed by atoms with Crippen LogP contribution in [-0.4, -0.2) is 37.5 Å². The second-order valence-electron chi connectivity index (χ2n) is 5.76. The van der Waals surface area contributed by atoms with Gasteiger partial charge in [-0.25, -0.2) is 0 Å². The molecule has 2 unspecified atom stereocenters. The van der Waals surface area contributed by atoms with Crippen LogP contribution in [0.4, 0.5) is 0 Å². The summed E-state index contributed by atoms with van der Waals surface area (Å²) >= 11 is 0. The smallest absolute Gasteiger partial charge is 0.0897 e. The molecule has 0 saturated carbocycles. The van der Waals surface area contributed by atoms with Gasteiger partial charge in [-0.05, 0) is 17.9 Å². The van der Waals surface area contributed by atoms with Crippen LogP contribution < -0.4 is 5.32 Å². The topological polar surface area (TPSA) is 41.5 Å². The van der Waals surface area contributed by atoms with E-state index in [1.54, 1.807) is 0 Å². The molecule has 0 radical (unpaired) electrons. The molecular weight excluding hydrogens is 262 g/mol. The van der Waals surface area contributed by atoms with Crippen LogP contribution >= 0.6 is 0 Å². The molecule has 0 bridgehead atoms. The van der Waals surface area contributed by atoms with Crippen molar-refractivity contribution in [1.82, 2.24) is 5.32 Å². The third-order valence-electron chi connectivity index (χ3n) is 3.65. The summed E-state index contributed by atoms with van der Waals surface area (Å²) in [7, 11) is 0. The van der Waals surface area contributed by atoms with Crippen LogP contribution in [0.15, 0.2) is 30.3 Å². The van der Waals surface area contributed by atoms with Gasteiger partial charge in [0.2, 0.25) is 0 Å². The first-order valence-corrected chi connectivity index (χ1v) is 8.25. The van der Waals surface area contributed by atoms with Crippen molar-refractivity contribution in [3.8, 4) is 0 Å².